The summed E-state index contributed by atoms with van der Waals surface area (Å²) in [5, 5.41) is 5.07. The molecule has 3 heterocycles. The number of allylic oxidation sites excluding steroid dienone is 1. The molecule has 3 aromatic heterocycles. The number of alkyl carbamates (subject to hydrolysis) is 1. The quantitative estimate of drug-likeness (QED) is 0.311. The van der Waals surface area contributed by atoms with E-state index in [1.807, 2.05) is 0 Å². The first kappa shape index (κ1) is 27.5. The molecule has 3 amide bonds. The Hall–Kier alpha value is -4.55. The van der Waals surface area contributed by atoms with Gasteiger partial charge >= 0.3 is 6.09 Å². The molecule has 0 radical (unpaired) electrons. The monoisotopic (exact) mass is 536 g/mol. The number of fused-ring (bicyclic) bond motifs is 1. The predicted molar refractivity (Wildman–Crippen MR) is 143 cm³/mol. The summed E-state index contributed by atoms with van der Waals surface area (Å²) in [7, 11) is 4.44. The molecule has 1 saturated carbocycles. The fourth-order valence-corrected chi connectivity index (χ4v) is 3.95. The van der Waals surface area contributed by atoms with Crippen molar-refractivity contribution in [2.45, 2.75) is 44.7 Å². The van der Waals surface area contributed by atoms with E-state index in [-0.39, 0.29) is 24.6 Å². The number of pyridine rings is 1. The Labute approximate surface area is 224 Å². The normalized spacial score (nSPS) is 13.8. The van der Waals surface area contributed by atoms with Gasteiger partial charge in [-0.3, -0.25) is 14.4 Å². The third-order valence-corrected chi connectivity index (χ3v) is 6.31. The summed E-state index contributed by atoms with van der Waals surface area (Å²) in [4.78, 5) is 67.5. The number of aromatic nitrogens is 5. The largest absolute Gasteiger partial charge is 0.453 e. The van der Waals surface area contributed by atoms with E-state index >= 15 is 0 Å². The van der Waals surface area contributed by atoms with Crippen LogP contribution in [0.25, 0.3) is 11.2 Å². The number of nitrogens with one attached hydrogen (secondary N) is 3. The Bertz CT molecular complexity index is 1440. The number of hydrogen-bond acceptors (Lipinski definition) is 8. The highest BCUT2D eigenvalue weighted by atomic mass is 16.5. The Morgan fingerprint density at radius 3 is 2.79 bits per heavy atom. The molecule has 1 aliphatic rings. The number of ether oxygens (including phenoxy) is 1. The summed E-state index contributed by atoms with van der Waals surface area (Å²) in [6.07, 6.45) is 9.09. The number of rotatable bonds is 11. The minimum atomic E-state index is -0.997. The third kappa shape index (κ3) is 7.27. The lowest BCUT2D eigenvalue weighted by atomic mass is 10.1. The Kier molecular flexibility index (Phi) is 8.69. The lowest BCUT2D eigenvalue weighted by Crippen LogP contribution is -2.44. The van der Waals surface area contributed by atoms with Crippen LogP contribution in [0.5, 0.6) is 0 Å². The SMILES string of the molecule is COC(=O)NC(CCC=CC(=O)N(C)C)C(=O)Nc1cccn(Cc2nc3ncnc(CC4CC4)c3[nH]2)c1=O. The van der Waals surface area contributed by atoms with E-state index < -0.39 is 23.6 Å². The van der Waals surface area contributed by atoms with Crippen LogP contribution in [0.1, 0.15) is 37.2 Å². The molecular weight excluding hydrogens is 504 g/mol. The molecular formula is C26H32N8O5. The Morgan fingerprint density at radius 1 is 1.28 bits per heavy atom. The Morgan fingerprint density at radius 2 is 2.08 bits per heavy atom. The lowest BCUT2D eigenvalue weighted by Gasteiger charge is -2.17. The summed E-state index contributed by atoms with van der Waals surface area (Å²) in [5.74, 6) is 0.396. The number of carbonyl (C=O) groups is 3. The van der Waals surface area contributed by atoms with Crippen molar-refractivity contribution < 1.29 is 19.1 Å². The first-order valence-electron chi connectivity index (χ1n) is 12.7. The third-order valence-electron chi connectivity index (χ3n) is 6.31. The second kappa shape index (κ2) is 12.3. The Balaban J connectivity index is 1.46. The van der Waals surface area contributed by atoms with E-state index in [2.05, 4.69) is 35.3 Å². The van der Waals surface area contributed by atoms with Crippen LogP contribution < -0.4 is 16.2 Å². The van der Waals surface area contributed by atoms with Crippen molar-refractivity contribution in [3.8, 4) is 0 Å². The number of imidazole rings is 1. The van der Waals surface area contributed by atoms with Crippen LogP contribution in [0.2, 0.25) is 0 Å². The molecule has 1 fully saturated rings. The van der Waals surface area contributed by atoms with Gasteiger partial charge in [0.2, 0.25) is 11.8 Å². The topological polar surface area (TPSA) is 164 Å². The number of methoxy groups -OCH3 is 1. The van der Waals surface area contributed by atoms with Crippen molar-refractivity contribution in [2.75, 3.05) is 26.5 Å². The summed E-state index contributed by atoms with van der Waals surface area (Å²) in [6.45, 7) is 0.135. The van der Waals surface area contributed by atoms with Crippen LogP contribution >= 0.6 is 0 Å². The van der Waals surface area contributed by atoms with Gasteiger partial charge in [-0.15, -0.1) is 0 Å². The summed E-state index contributed by atoms with van der Waals surface area (Å²) < 4.78 is 6.05. The fourth-order valence-electron chi connectivity index (χ4n) is 3.95. The van der Waals surface area contributed by atoms with E-state index in [9.17, 15) is 19.2 Å². The van der Waals surface area contributed by atoms with Gasteiger partial charge in [-0.25, -0.2) is 19.7 Å². The molecule has 0 aromatic carbocycles. The van der Waals surface area contributed by atoms with Crippen molar-refractivity contribution in [3.63, 3.8) is 0 Å². The zero-order chi connectivity index (χ0) is 27.9. The second-order valence-corrected chi connectivity index (χ2v) is 9.60. The molecule has 3 aromatic rings. The maximum absolute atomic E-state index is 13.2. The van der Waals surface area contributed by atoms with Gasteiger partial charge in [0.15, 0.2) is 5.65 Å². The number of amides is 3. The van der Waals surface area contributed by atoms with Gasteiger partial charge in [0.05, 0.1) is 19.3 Å². The van der Waals surface area contributed by atoms with Crippen LogP contribution in [-0.4, -0.2) is 74.6 Å². The van der Waals surface area contributed by atoms with Gasteiger partial charge < -0.3 is 29.8 Å². The smallest absolute Gasteiger partial charge is 0.407 e. The molecule has 39 heavy (non-hydrogen) atoms. The van der Waals surface area contributed by atoms with Gasteiger partial charge in [-0.2, -0.15) is 0 Å². The van der Waals surface area contributed by atoms with Crippen LogP contribution in [0, 0.1) is 5.92 Å². The van der Waals surface area contributed by atoms with E-state index in [1.165, 1.54) is 47.9 Å². The highest BCUT2D eigenvalue weighted by molar-refractivity contribution is 5.96. The number of anilines is 1. The van der Waals surface area contributed by atoms with Crippen molar-refractivity contribution in [3.05, 3.63) is 58.7 Å². The standard InChI is InChI=1S/C26H32N8O5/c1-33(2)21(35)9-5-4-7-17(30-26(38)39-3)24(36)29-18-8-6-12-34(25(18)37)14-20-31-22-19(13-16-10-11-16)27-15-28-23(22)32-20/h5-6,8-9,12,15-17H,4,7,10-11,13-14H2,1-3H3,(H,29,36)(H,30,38)(H,27,28,31,32). The molecule has 0 spiro atoms. The first-order chi connectivity index (χ1) is 18.7. The molecule has 13 nitrogen and oxygen atoms in total. The highest BCUT2D eigenvalue weighted by Crippen LogP contribution is 2.33. The number of aromatic amines is 1. The van der Waals surface area contributed by atoms with Crippen molar-refractivity contribution in [1.82, 2.24) is 34.7 Å². The molecule has 3 N–H and O–H groups in total. The minimum absolute atomic E-state index is 0.0443. The molecule has 0 saturated heterocycles. The highest BCUT2D eigenvalue weighted by Gasteiger charge is 2.24. The summed E-state index contributed by atoms with van der Waals surface area (Å²) in [6, 6.07) is 2.12. The number of nitrogens with zero attached hydrogens (tertiary/aromatic N) is 5. The second-order valence-electron chi connectivity index (χ2n) is 9.60. The number of likely N-dealkylation sites (N-methyl/N-ethyl adjacent to an activating group) is 1. The summed E-state index contributed by atoms with van der Waals surface area (Å²) >= 11 is 0. The molecule has 1 aliphatic carbocycles. The molecule has 0 aliphatic heterocycles. The molecule has 206 valence electrons. The van der Waals surface area contributed by atoms with E-state index in [0.717, 1.165) is 17.6 Å². The van der Waals surface area contributed by atoms with E-state index in [0.29, 0.717) is 23.8 Å². The number of H-pyrrole nitrogens is 1. The van der Waals surface area contributed by atoms with Crippen LogP contribution in [0.3, 0.4) is 0 Å². The molecule has 13 heteroatoms. The van der Waals surface area contributed by atoms with Crippen molar-refractivity contribution in [2.24, 2.45) is 5.92 Å². The average molecular weight is 537 g/mol. The minimum Gasteiger partial charge on any atom is -0.453 e. The van der Waals surface area contributed by atoms with Crippen LogP contribution in [0.15, 0.2) is 41.6 Å². The molecule has 4 rings (SSSR count). The van der Waals surface area contributed by atoms with Gasteiger partial charge in [0.1, 0.15) is 29.4 Å². The van der Waals surface area contributed by atoms with Gasteiger partial charge in [0.25, 0.3) is 5.56 Å². The van der Waals surface area contributed by atoms with Crippen LogP contribution in [0.4, 0.5) is 10.5 Å². The van der Waals surface area contributed by atoms with Crippen molar-refractivity contribution >= 4 is 34.8 Å². The van der Waals surface area contributed by atoms with E-state index in [4.69, 9.17) is 0 Å². The van der Waals surface area contributed by atoms with Gasteiger partial charge in [-0.1, -0.05) is 6.08 Å². The van der Waals surface area contributed by atoms with E-state index in [1.54, 1.807) is 32.4 Å². The number of hydrogen-bond donors (Lipinski definition) is 3. The van der Waals surface area contributed by atoms with Gasteiger partial charge in [-0.05, 0) is 56.2 Å². The molecule has 1 atom stereocenters. The molecule has 0 bridgehead atoms. The fraction of sp³-hybridized carbons (Fsp3) is 0.423. The summed E-state index contributed by atoms with van der Waals surface area (Å²) in [5.41, 5.74) is 1.84. The predicted octanol–water partition coefficient (Wildman–Crippen LogP) is 1.60. The van der Waals surface area contributed by atoms with Crippen molar-refractivity contribution in [1.29, 1.82) is 0 Å². The zero-order valence-electron chi connectivity index (χ0n) is 22.1. The zero-order valence-corrected chi connectivity index (χ0v) is 22.1. The molecule has 1 unspecified atom stereocenters. The average Bonchev–Trinajstić information content (AvgIpc) is 3.63. The maximum Gasteiger partial charge on any atom is 0.407 e. The van der Waals surface area contributed by atoms with Gasteiger partial charge in [0, 0.05) is 20.3 Å². The van der Waals surface area contributed by atoms with Crippen LogP contribution in [-0.2, 0) is 27.3 Å². The first-order valence-corrected chi connectivity index (χ1v) is 12.7. The number of carbonyl (C=O) groups excluding carboxylic acids is 3. The maximum atomic E-state index is 13.2. The lowest BCUT2D eigenvalue weighted by molar-refractivity contribution is -0.123.